The Morgan fingerprint density at radius 2 is 2.00 bits per heavy atom. The van der Waals surface area contributed by atoms with Crippen LogP contribution in [0.25, 0.3) is 0 Å². The summed E-state index contributed by atoms with van der Waals surface area (Å²) in [6, 6.07) is 7.08. The first-order chi connectivity index (χ1) is 10.2. The zero-order valence-corrected chi connectivity index (χ0v) is 12.5. The van der Waals surface area contributed by atoms with E-state index in [-0.39, 0.29) is 30.6 Å². The second-order valence-electron chi connectivity index (χ2n) is 5.11. The molecule has 5 heteroatoms. The maximum Gasteiger partial charge on any atom is 0.223 e. The molecule has 114 valence electrons. The average molecular weight is 291 g/mol. The summed E-state index contributed by atoms with van der Waals surface area (Å²) in [6.45, 7) is 1.33. The molecule has 2 rings (SSSR count). The fourth-order valence-electron chi connectivity index (χ4n) is 2.54. The quantitative estimate of drug-likeness (QED) is 0.751. The highest BCUT2D eigenvalue weighted by Crippen LogP contribution is 2.20. The Morgan fingerprint density at radius 1 is 1.24 bits per heavy atom. The highest BCUT2D eigenvalue weighted by molar-refractivity contribution is 6.00. The minimum atomic E-state index is -0.0664. The van der Waals surface area contributed by atoms with Crippen molar-refractivity contribution in [2.75, 3.05) is 27.3 Å². The number of carbonyl (C=O) groups excluding carboxylic acids is 2. The third-order valence-corrected chi connectivity index (χ3v) is 3.80. The summed E-state index contributed by atoms with van der Waals surface area (Å²) in [5.74, 6) is 0.497. The molecule has 0 N–H and O–H groups in total. The van der Waals surface area contributed by atoms with Crippen LogP contribution < -0.4 is 4.74 Å². The van der Waals surface area contributed by atoms with Gasteiger partial charge < -0.3 is 14.4 Å². The molecule has 1 atom stereocenters. The number of benzene rings is 1. The van der Waals surface area contributed by atoms with E-state index in [0.29, 0.717) is 24.4 Å². The van der Waals surface area contributed by atoms with E-state index in [0.717, 1.165) is 6.42 Å². The van der Waals surface area contributed by atoms with Crippen LogP contribution >= 0.6 is 0 Å². The first kappa shape index (κ1) is 15.5. The van der Waals surface area contributed by atoms with Gasteiger partial charge in [-0.15, -0.1) is 0 Å². The molecule has 1 aliphatic rings. The fraction of sp³-hybridized carbons (Fsp3) is 0.500. The minimum absolute atomic E-state index is 0.0118. The molecule has 1 aliphatic heterocycles. The molecule has 1 unspecified atom stereocenters. The number of rotatable bonds is 6. The number of hydrogen-bond acceptors (Lipinski definition) is 4. The number of methoxy groups -OCH3 is 2. The van der Waals surface area contributed by atoms with Crippen molar-refractivity contribution in [3.63, 3.8) is 0 Å². The van der Waals surface area contributed by atoms with Crippen molar-refractivity contribution in [1.29, 1.82) is 0 Å². The highest BCUT2D eigenvalue weighted by Gasteiger charge is 2.26. The van der Waals surface area contributed by atoms with Gasteiger partial charge in [0.25, 0.3) is 0 Å². The number of ether oxygens (including phenoxy) is 2. The van der Waals surface area contributed by atoms with Gasteiger partial charge in [-0.25, -0.2) is 0 Å². The van der Waals surface area contributed by atoms with E-state index >= 15 is 0 Å². The third-order valence-electron chi connectivity index (χ3n) is 3.80. The van der Waals surface area contributed by atoms with E-state index in [1.54, 1.807) is 30.2 Å². The van der Waals surface area contributed by atoms with E-state index in [4.69, 9.17) is 9.47 Å². The minimum Gasteiger partial charge on any atom is -0.496 e. The predicted molar refractivity (Wildman–Crippen MR) is 78.6 cm³/mol. The van der Waals surface area contributed by atoms with Gasteiger partial charge in [0.05, 0.1) is 18.8 Å². The van der Waals surface area contributed by atoms with E-state index in [1.807, 2.05) is 6.07 Å². The monoisotopic (exact) mass is 291 g/mol. The van der Waals surface area contributed by atoms with Crippen molar-refractivity contribution < 1.29 is 19.1 Å². The van der Waals surface area contributed by atoms with E-state index in [9.17, 15) is 9.59 Å². The Labute approximate surface area is 124 Å². The molecule has 0 aliphatic carbocycles. The SMILES string of the molecule is COc1ccccc1C(=O)CCC(=O)N1CCC(OC)C1. The summed E-state index contributed by atoms with van der Waals surface area (Å²) >= 11 is 0. The van der Waals surface area contributed by atoms with Crippen molar-refractivity contribution >= 4 is 11.7 Å². The summed E-state index contributed by atoms with van der Waals surface area (Å²) in [6.07, 6.45) is 1.42. The van der Waals surface area contributed by atoms with Gasteiger partial charge in [-0.1, -0.05) is 12.1 Å². The van der Waals surface area contributed by atoms with E-state index < -0.39 is 0 Å². The van der Waals surface area contributed by atoms with Gasteiger partial charge in [0, 0.05) is 33.0 Å². The number of likely N-dealkylation sites (tertiary alicyclic amines) is 1. The number of nitrogens with zero attached hydrogens (tertiary/aromatic N) is 1. The zero-order valence-electron chi connectivity index (χ0n) is 12.5. The van der Waals surface area contributed by atoms with Gasteiger partial charge in [0.1, 0.15) is 5.75 Å². The maximum atomic E-state index is 12.2. The molecule has 1 fully saturated rings. The Balaban J connectivity index is 1.88. The highest BCUT2D eigenvalue weighted by atomic mass is 16.5. The van der Waals surface area contributed by atoms with Crippen LogP contribution in [0.5, 0.6) is 5.75 Å². The van der Waals surface area contributed by atoms with Crippen molar-refractivity contribution in [1.82, 2.24) is 4.90 Å². The first-order valence-electron chi connectivity index (χ1n) is 7.12. The molecule has 1 aromatic rings. The zero-order chi connectivity index (χ0) is 15.2. The van der Waals surface area contributed by atoms with Crippen LogP contribution in [0.15, 0.2) is 24.3 Å². The van der Waals surface area contributed by atoms with Crippen LogP contribution in [0.2, 0.25) is 0 Å². The number of para-hydroxylation sites is 1. The topological polar surface area (TPSA) is 55.8 Å². The molecule has 1 amide bonds. The molecule has 0 bridgehead atoms. The van der Waals surface area contributed by atoms with Crippen LogP contribution in [0.3, 0.4) is 0 Å². The number of carbonyl (C=O) groups is 2. The standard InChI is InChI=1S/C16H21NO4/c1-20-12-9-10-17(11-12)16(19)8-7-14(18)13-5-3-4-6-15(13)21-2/h3-6,12H,7-11H2,1-2H3. The van der Waals surface area contributed by atoms with Crippen molar-refractivity contribution in [2.24, 2.45) is 0 Å². The molecule has 1 saturated heterocycles. The summed E-state index contributed by atoms with van der Waals surface area (Å²) in [7, 11) is 3.19. The van der Waals surface area contributed by atoms with Crippen LogP contribution in [-0.4, -0.2) is 50.0 Å². The summed E-state index contributed by atoms with van der Waals surface area (Å²) in [5.41, 5.74) is 0.531. The Morgan fingerprint density at radius 3 is 2.67 bits per heavy atom. The van der Waals surface area contributed by atoms with Crippen molar-refractivity contribution in [3.8, 4) is 5.75 Å². The number of Topliss-reactive ketones (excluding diaryl/α,β-unsaturated/α-hetero) is 1. The number of hydrogen-bond donors (Lipinski definition) is 0. The van der Waals surface area contributed by atoms with Crippen molar-refractivity contribution in [3.05, 3.63) is 29.8 Å². The van der Waals surface area contributed by atoms with Crippen LogP contribution in [0, 0.1) is 0 Å². The van der Waals surface area contributed by atoms with Gasteiger partial charge >= 0.3 is 0 Å². The number of ketones is 1. The molecule has 0 spiro atoms. The van der Waals surface area contributed by atoms with E-state index in [1.165, 1.54) is 7.11 Å². The normalized spacial score (nSPS) is 17.8. The molecule has 1 heterocycles. The molecular formula is C16H21NO4. The molecule has 0 aromatic heterocycles. The smallest absolute Gasteiger partial charge is 0.223 e. The lowest BCUT2D eigenvalue weighted by Crippen LogP contribution is -2.30. The second-order valence-corrected chi connectivity index (χ2v) is 5.11. The predicted octanol–water partition coefficient (Wildman–Crippen LogP) is 1.91. The lowest BCUT2D eigenvalue weighted by atomic mass is 10.1. The molecule has 0 radical (unpaired) electrons. The Hall–Kier alpha value is -1.88. The van der Waals surface area contributed by atoms with Crippen LogP contribution in [0.4, 0.5) is 0 Å². The summed E-state index contributed by atoms with van der Waals surface area (Å²) in [5, 5.41) is 0. The van der Waals surface area contributed by atoms with Gasteiger partial charge in [0.15, 0.2) is 5.78 Å². The van der Waals surface area contributed by atoms with Gasteiger partial charge in [-0.2, -0.15) is 0 Å². The third kappa shape index (κ3) is 3.82. The Bertz CT molecular complexity index is 515. The second kappa shape index (κ2) is 7.22. The van der Waals surface area contributed by atoms with Gasteiger partial charge in [-0.05, 0) is 18.6 Å². The lowest BCUT2D eigenvalue weighted by Gasteiger charge is -2.16. The molecule has 1 aromatic carbocycles. The number of amides is 1. The van der Waals surface area contributed by atoms with E-state index in [2.05, 4.69) is 0 Å². The Kier molecular flexibility index (Phi) is 5.33. The van der Waals surface area contributed by atoms with Crippen molar-refractivity contribution in [2.45, 2.75) is 25.4 Å². The average Bonchev–Trinajstić information content (AvgIpc) is 3.01. The summed E-state index contributed by atoms with van der Waals surface area (Å²) < 4.78 is 10.4. The van der Waals surface area contributed by atoms with Crippen LogP contribution in [-0.2, 0) is 9.53 Å². The fourth-order valence-corrected chi connectivity index (χ4v) is 2.54. The van der Waals surface area contributed by atoms with Gasteiger partial charge in [-0.3, -0.25) is 9.59 Å². The van der Waals surface area contributed by atoms with Crippen LogP contribution in [0.1, 0.15) is 29.6 Å². The molecular weight excluding hydrogens is 270 g/mol. The first-order valence-corrected chi connectivity index (χ1v) is 7.12. The maximum absolute atomic E-state index is 12.2. The molecule has 21 heavy (non-hydrogen) atoms. The largest absolute Gasteiger partial charge is 0.496 e. The lowest BCUT2D eigenvalue weighted by molar-refractivity contribution is -0.130. The van der Waals surface area contributed by atoms with Gasteiger partial charge in [0.2, 0.25) is 5.91 Å². The molecule has 0 saturated carbocycles. The summed E-state index contributed by atoms with van der Waals surface area (Å²) in [4.78, 5) is 26.0. The molecule has 5 nitrogen and oxygen atoms in total.